The fraction of sp³-hybridized carbons (Fsp3) is 0.625. The Morgan fingerprint density at radius 1 is 1.32 bits per heavy atom. The fourth-order valence-electron chi connectivity index (χ4n) is 3.36. The van der Waals surface area contributed by atoms with Crippen molar-refractivity contribution in [3.63, 3.8) is 0 Å². The van der Waals surface area contributed by atoms with Gasteiger partial charge in [-0.25, -0.2) is 4.98 Å². The van der Waals surface area contributed by atoms with Crippen LogP contribution >= 0.6 is 0 Å². The molecule has 1 N–H and O–H groups in total. The van der Waals surface area contributed by atoms with Crippen molar-refractivity contribution < 1.29 is 0 Å². The first kappa shape index (κ1) is 12.5. The van der Waals surface area contributed by atoms with Gasteiger partial charge in [-0.1, -0.05) is 6.92 Å². The molecule has 3 nitrogen and oxygen atoms in total. The van der Waals surface area contributed by atoms with Crippen LogP contribution in [-0.4, -0.2) is 11.0 Å². The molecule has 0 aromatic carbocycles. The zero-order valence-corrected chi connectivity index (χ0v) is 11.6. The second-order valence-electron chi connectivity index (χ2n) is 6.07. The van der Waals surface area contributed by atoms with Crippen LogP contribution in [0.3, 0.4) is 0 Å². The fourth-order valence-corrected chi connectivity index (χ4v) is 3.36. The number of aromatic nitrogens is 1. The average Bonchev–Trinajstić information content (AvgIpc) is 2.83. The second-order valence-corrected chi connectivity index (χ2v) is 6.07. The van der Waals surface area contributed by atoms with Gasteiger partial charge in [-0.3, -0.25) is 0 Å². The van der Waals surface area contributed by atoms with Crippen molar-refractivity contribution in [2.45, 2.75) is 57.9 Å². The van der Waals surface area contributed by atoms with Crippen molar-refractivity contribution in [3.05, 3.63) is 22.9 Å². The zero-order valence-electron chi connectivity index (χ0n) is 11.6. The summed E-state index contributed by atoms with van der Waals surface area (Å²) < 4.78 is 0. The Morgan fingerprint density at radius 2 is 2.16 bits per heavy atom. The molecule has 100 valence electrons. The molecule has 3 rings (SSSR count). The largest absolute Gasteiger partial charge is 0.366 e. The molecule has 1 aromatic heterocycles. The van der Waals surface area contributed by atoms with Gasteiger partial charge in [0.25, 0.3) is 0 Å². The molecule has 1 heterocycles. The van der Waals surface area contributed by atoms with E-state index in [4.69, 9.17) is 4.98 Å². The molecule has 2 aliphatic rings. The number of nitriles is 1. The van der Waals surface area contributed by atoms with Crippen molar-refractivity contribution in [2.75, 3.05) is 5.32 Å². The van der Waals surface area contributed by atoms with Crippen LogP contribution in [0.5, 0.6) is 0 Å². The molecule has 19 heavy (non-hydrogen) atoms. The van der Waals surface area contributed by atoms with Crippen LogP contribution in [-0.2, 0) is 12.8 Å². The van der Waals surface area contributed by atoms with Crippen LogP contribution < -0.4 is 5.32 Å². The third kappa shape index (κ3) is 2.58. The molecule has 3 heteroatoms. The van der Waals surface area contributed by atoms with Crippen LogP contribution in [0, 0.1) is 17.2 Å². The quantitative estimate of drug-likeness (QED) is 0.880. The minimum absolute atomic E-state index is 0.497. The molecule has 0 spiro atoms. The number of rotatable bonds is 2. The van der Waals surface area contributed by atoms with E-state index in [0.29, 0.717) is 6.04 Å². The Bertz CT molecular complexity index is 515. The number of nitrogens with one attached hydrogen (secondary N) is 1. The average molecular weight is 255 g/mol. The van der Waals surface area contributed by atoms with Crippen molar-refractivity contribution in [1.29, 1.82) is 5.26 Å². The second kappa shape index (κ2) is 5.21. The number of anilines is 1. The summed E-state index contributed by atoms with van der Waals surface area (Å²) in [6.07, 6.45) is 8.28. The van der Waals surface area contributed by atoms with Gasteiger partial charge in [0.05, 0.1) is 5.56 Å². The van der Waals surface area contributed by atoms with E-state index in [1.54, 1.807) is 0 Å². The zero-order chi connectivity index (χ0) is 13.2. The van der Waals surface area contributed by atoms with Gasteiger partial charge in [0, 0.05) is 11.7 Å². The van der Waals surface area contributed by atoms with Gasteiger partial charge in [0.15, 0.2) is 0 Å². The summed E-state index contributed by atoms with van der Waals surface area (Å²) in [5.41, 5.74) is 3.21. The molecule has 1 saturated carbocycles. The first-order valence-corrected chi connectivity index (χ1v) is 7.45. The lowest BCUT2D eigenvalue weighted by Gasteiger charge is -2.19. The summed E-state index contributed by atoms with van der Waals surface area (Å²) in [5, 5.41) is 12.8. The van der Waals surface area contributed by atoms with E-state index in [-0.39, 0.29) is 0 Å². The summed E-state index contributed by atoms with van der Waals surface area (Å²) in [5.74, 6) is 1.61. The van der Waals surface area contributed by atoms with Crippen LogP contribution in [0.4, 0.5) is 5.82 Å². The van der Waals surface area contributed by atoms with E-state index in [1.165, 1.54) is 43.4 Å². The molecule has 1 aromatic rings. The molecule has 0 bridgehead atoms. The molecule has 1 fully saturated rings. The first-order valence-electron chi connectivity index (χ1n) is 7.45. The van der Waals surface area contributed by atoms with E-state index in [0.717, 1.165) is 30.1 Å². The van der Waals surface area contributed by atoms with Gasteiger partial charge in [-0.15, -0.1) is 0 Å². The van der Waals surface area contributed by atoms with Crippen LogP contribution in [0.25, 0.3) is 0 Å². The smallest absolute Gasteiger partial charge is 0.144 e. The Balaban J connectivity index is 1.85. The normalized spacial score (nSPS) is 25.7. The maximum Gasteiger partial charge on any atom is 0.144 e. The maximum atomic E-state index is 9.32. The van der Waals surface area contributed by atoms with E-state index < -0.39 is 0 Å². The van der Waals surface area contributed by atoms with Crippen LogP contribution in [0.1, 0.15) is 55.8 Å². The van der Waals surface area contributed by atoms with Gasteiger partial charge in [-0.05, 0) is 62.5 Å². The molecule has 2 atom stereocenters. The predicted molar refractivity (Wildman–Crippen MR) is 76.0 cm³/mol. The summed E-state index contributed by atoms with van der Waals surface area (Å²) >= 11 is 0. The van der Waals surface area contributed by atoms with Crippen LogP contribution in [0.15, 0.2) is 6.07 Å². The molecule has 2 aliphatic carbocycles. The number of fused-ring (bicyclic) bond motifs is 1. The minimum Gasteiger partial charge on any atom is -0.366 e. The molecular weight excluding hydrogens is 234 g/mol. The highest BCUT2D eigenvalue weighted by Crippen LogP contribution is 2.29. The van der Waals surface area contributed by atoms with E-state index in [2.05, 4.69) is 24.4 Å². The number of aryl methyl sites for hydroxylation is 2. The van der Waals surface area contributed by atoms with Crippen molar-refractivity contribution in [3.8, 4) is 6.07 Å². The molecule has 0 aliphatic heterocycles. The predicted octanol–water partition coefficient (Wildman–Crippen LogP) is 3.43. The molecular formula is C16H21N3. The topological polar surface area (TPSA) is 48.7 Å². The number of hydrogen-bond donors (Lipinski definition) is 1. The Labute approximate surface area is 115 Å². The summed E-state index contributed by atoms with van der Waals surface area (Å²) in [6.45, 7) is 2.30. The van der Waals surface area contributed by atoms with E-state index >= 15 is 0 Å². The molecule has 0 radical (unpaired) electrons. The minimum atomic E-state index is 0.497. The molecule has 0 amide bonds. The first-order chi connectivity index (χ1) is 9.26. The van der Waals surface area contributed by atoms with Gasteiger partial charge in [-0.2, -0.15) is 5.26 Å². The van der Waals surface area contributed by atoms with Gasteiger partial charge >= 0.3 is 0 Å². The highest BCUT2D eigenvalue weighted by atomic mass is 15.0. The maximum absolute atomic E-state index is 9.32. The van der Waals surface area contributed by atoms with Crippen molar-refractivity contribution in [2.24, 2.45) is 5.92 Å². The van der Waals surface area contributed by atoms with Gasteiger partial charge < -0.3 is 5.32 Å². The molecule has 0 saturated heterocycles. The van der Waals surface area contributed by atoms with Crippen LogP contribution in [0.2, 0.25) is 0 Å². The summed E-state index contributed by atoms with van der Waals surface area (Å²) in [7, 11) is 0. The van der Waals surface area contributed by atoms with Crippen molar-refractivity contribution >= 4 is 5.82 Å². The SMILES string of the molecule is CC1CCC(Nc2nc3c(cc2C#N)CCCC3)C1. The van der Waals surface area contributed by atoms with Gasteiger partial charge in [0.2, 0.25) is 0 Å². The highest BCUT2D eigenvalue weighted by Gasteiger charge is 2.23. The van der Waals surface area contributed by atoms with E-state index in [9.17, 15) is 5.26 Å². The number of hydrogen-bond acceptors (Lipinski definition) is 3. The number of pyridine rings is 1. The Kier molecular flexibility index (Phi) is 3.42. The number of nitrogens with zero attached hydrogens (tertiary/aromatic N) is 2. The summed E-state index contributed by atoms with van der Waals surface area (Å²) in [4.78, 5) is 4.74. The summed E-state index contributed by atoms with van der Waals surface area (Å²) in [6, 6.07) is 4.86. The Morgan fingerprint density at radius 3 is 2.89 bits per heavy atom. The lowest BCUT2D eigenvalue weighted by molar-refractivity contribution is 0.602. The van der Waals surface area contributed by atoms with Crippen molar-refractivity contribution in [1.82, 2.24) is 4.98 Å². The van der Waals surface area contributed by atoms with E-state index in [1.807, 2.05) is 0 Å². The third-order valence-electron chi connectivity index (χ3n) is 4.46. The Hall–Kier alpha value is -1.56. The third-order valence-corrected chi connectivity index (χ3v) is 4.46. The lowest BCUT2D eigenvalue weighted by Crippen LogP contribution is -2.19. The lowest BCUT2D eigenvalue weighted by atomic mass is 9.95. The monoisotopic (exact) mass is 255 g/mol. The van der Waals surface area contributed by atoms with Gasteiger partial charge in [0.1, 0.15) is 11.9 Å². The highest BCUT2D eigenvalue weighted by molar-refractivity contribution is 5.55. The standard InChI is InChI=1S/C16H21N3/c1-11-6-7-14(8-11)18-16-13(10-17)9-12-4-2-3-5-15(12)19-16/h9,11,14H,2-8H2,1H3,(H,18,19). The molecule has 2 unspecified atom stereocenters.